The monoisotopic (exact) mass is 332 g/mol. The average molecular weight is 332 g/mol. The number of carbonyl (C=O) groups is 3. The largest absolute Gasteiger partial charge is 0.481 e. The third-order valence-electron chi connectivity index (χ3n) is 5.19. The van der Waals surface area contributed by atoms with Crippen molar-refractivity contribution in [1.82, 2.24) is 4.90 Å². The molecule has 1 amide bonds. The van der Waals surface area contributed by atoms with E-state index in [9.17, 15) is 24.6 Å². The number of aliphatic carboxylic acids is 2. The number of anilines is 1. The zero-order valence-electron chi connectivity index (χ0n) is 13.6. The van der Waals surface area contributed by atoms with Crippen LogP contribution in [0.25, 0.3) is 0 Å². The van der Waals surface area contributed by atoms with Crippen molar-refractivity contribution < 1.29 is 24.6 Å². The van der Waals surface area contributed by atoms with Gasteiger partial charge < -0.3 is 20.4 Å². The number of carboxylic acids is 2. The van der Waals surface area contributed by atoms with Crippen molar-refractivity contribution in [1.29, 1.82) is 0 Å². The second-order valence-electron chi connectivity index (χ2n) is 7.23. The summed E-state index contributed by atoms with van der Waals surface area (Å²) in [4.78, 5) is 37.3. The lowest BCUT2D eigenvalue weighted by Crippen LogP contribution is -2.50. The molecule has 24 heavy (non-hydrogen) atoms. The van der Waals surface area contributed by atoms with Crippen LogP contribution in [0.1, 0.15) is 20.3 Å². The van der Waals surface area contributed by atoms with Gasteiger partial charge in [-0.3, -0.25) is 14.4 Å². The van der Waals surface area contributed by atoms with Crippen molar-refractivity contribution in [3.05, 3.63) is 30.3 Å². The highest BCUT2D eigenvalue weighted by atomic mass is 16.4. The van der Waals surface area contributed by atoms with Crippen molar-refractivity contribution in [3.63, 3.8) is 0 Å². The van der Waals surface area contributed by atoms with Crippen LogP contribution in [-0.4, -0.2) is 51.6 Å². The van der Waals surface area contributed by atoms with Crippen LogP contribution >= 0.6 is 0 Å². The first-order valence-corrected chi connectivity index (χ1v) is 7.74. The van der Waals surface area contributed by atoms with Gasteiger partial charge in [-0.1, -0.05) is 18.2 Å². The number of para-hydroxylation sites is 1. The van der Waals surface area contributed by atoms with Crippen LogP contribution in [0.15, 0.2) is 30.3 Å². The second kappa shape index (κ2) is 4.96. The quantitative estimate of drug-likeness (QED) is 0.749. The maximum Gasteiger partial charge on any atom is 0.312 e. The molecular formula is C17H20N2O5. The fourth-order valence-electron chi connectivity index (χ4n) is 3.76. The van der Waals surface area contributed by atoms with E-state index in [-0.39, 0.29) is 25.4 Å². The van der Waals surface area contributed by atoms with Crippen LogP contribution in [0, 0.1) is 10.8 Å². The van der Waals surface area contributed by atoms with Gasteiger partial charge in [-0.25, -0.2) is 0 Å². The minimum atomic E-state index is -1.35. The van der Waals surface area contributed by atoms with E-state index < -0.39 is 28.3 Å². The molecule has 128 valence electrons. The van der Waals surface area contributed by atoms with E-state index >= 15 is 0 Å². The van der Waals surface area contributed by atoms with Crippen molar-refractivity contribution in [3.8, 4) is 0 Å². The van der Waals surface area contributed by atoms with E-state index in [1.54, 1.807) is 13.8 Å². The topological polar surface area (TPSA) is 107 Å². The van der Waals surface area contributed by atoms with Gasteiger partial charge in [-0.05, 0) is 32.4 Å². The smallest absolute Gasteiger partial charge is 0.312 e. The highest BCUT2D eigenvalue weighted by Gasteiger charge is 2.81. The van der Waals surface area contributed by atoms with Crippen molar-refractivity contribution >= 4 is 23.5 Å². The van der Waals surface area contributed by atoms with Crippen LogP contribution < -0.4 is 5.32 Å². The first kappa shape index (κ1) is 16.3. The van der Waals surface area contributed by atoms with Crippen LogP contribution in [0.3, 0.4) is 0 Å². The Kier molecular flexibility index (Phi) is 3.37. The number of nitrogens with zero attached hydrogens (tertiary/aromatic N) is 1. The number of piperidine rings is 1. The summed E-state index contributed by atoms with van der Waals surface area (Å²) in [5.41, 5.74) is -2.91. The van der Waals surface area contributed by atoms with E-state index in [0.717, 1.165) is 5.69 Å². The summed E-state index contributed by atoms with van der Waals surface area (Å²) in [5.74, 6) is -2.59. The van der Waals surface area contributed by atoms with Gasteiger partial charge in [-0.15, -0.1) is 0 Å². The van der Waals surface area contributed by atoms with Gasteiger partial charge in [0.2, 0.25) is 5.91 Å². The van der Waals surface area contributed by atoms with E-state index in [1.807, 2.05) is 30.3 Å². The zero-order valence-corrected chi connectivity index (χ0v) is 13.6. The van der Waals surface area contributed by atoms with Gasteiger partial charge in [0.25, 0.3) is 0 Å². The first-order valence-electron chi connectivity index (χ1n) is 7.74. The second-order valence-corrected chi connectivity index (χ2v) is 7.23. The van der Waals surface area contributed by atoms with Gasteiger partial charge in [0.15, 0.2) is 0 Å². The number of hydrogen-bond acceptors (Lipinski definition) is 4. The number of amides is 1. The van der Waals surface area contributed by atoms with Gasteiger partial charge in [-0.2, -0.15) is 0 Å². The molecule has 1 aliphatic carbocycles. The van der Waals surface area contributed by atoms with E-state index in [2.05, 4.69) is 5.32 Å². The fourth-order valence-corrected chi connectivity index (χ4v) is 3.76. The molecule has 1 saturated heterocycles. The van der Waals surface area contributed by atoms with Crippen molar-refractivity contribution in [2.75, 3.05) is 18.4 Å². The Morgan fingerprint density at radius 1 is 1.04 bits per heavy atom. The number of likely N-dealkylation sites (tertiary alicyclic amines) is 1. The van der Waals surface area contributed by atoms with Crippen LogP contribution in [0.5, 0.6) is 0 Å². The molecular weight excluding hydrogens is 312 g/mol. The highest BCUT2D eigenvalue weighted by molar-refractivity contribution is 5.97. The minimum absolute atomic E-state index is 0.0621. The molecule has 0 radical (unpaired) electrons. The predicted octanol–water partition coefficient (Wildman–Crippen LogP) is 1.26. The number of benzene rings is 1. The van der Waals surface area contributed by atoms with E-state index in [4.69, 9.17) is 0 Å². The summed E-state index contributed by atoms with van der Waals surface area (Å²) in [7, 11) is 0. The molecule has 0 aromatic heterocycles. The third-order valence-corrected chi connectivity index (χ3v) is 5.19. The summed E-state index contributed by atoms with van der Waals surface area (Å²) in [6, 6.07) is 9.20. The molecule has 7 heteroatoms. The van der Waals surface area contributed by atoms with Crippen molar-refractivity contribution in [2.45, 2.75) is 25.8 Å². The molecule has 7 nitrogen and oxygen atoms in total. The van der Waals surface area contributed by atoms with Crippen LogP contribution in [0.2, 0.25) is 0 Å². The molecule has 3 rings (SSSR count). The third kappa shape index (κ3) is 2.15. The summed E-state index contributed by atoms with van der Waals surface area (Å²) in [6.07, 6.45) is 0.0843. The van der Waals surface area contributed by atoms with Crippen LogP contribution in [-0.2, 0) is 14.4 Å². The predicted molar refractivity (Wildman–Crippen MR) is 85.5 cm³/mol. The number of carbonyl (C=O) groups excluding carboxylic acids is 1. The molecule has 1 saturated carbocycles. The summed E-state index contributed by atoms with van der Waals surface area (Å²) < 4.78 is 0. The minimum Gasteiger partial charge on any atom is -0.481 e. The molecule has 0 bridgehead atoms. The standard InChI is InChI=1S/C17H20N2O5/c1-15(2,18-11-6-4-3-5-7-11)12(20)19-9-16(13(21)22)8-17(16,10-19)14(23)24/h3-7,18H,8-10H2,1-2H3,(H,21,22)(H,23,24)/t16-,17+. The summed E-state index contributed by atoms with van der Waals surface area (Å²) in [6.45, 7) is 3.28. The number of hydrogen-bond donors (Lipinski definition) is 3. The zero-order chi connectivity index (χ0) is 17.8. The Morgan fingerprint density at radius 2 is 1.54 bits per heavy atom. The molecule has 2 atom stereocenters. The Balaban J connectivity index is 1.79. The first-order chi connectivity index (χ1) is 11.1. The molecule has 2 aliphatic rings. The van der Waals surface area contributed by atoms with Crippen molar-refractivity contribution in [2.24, 2.45) is 10.8 Å². The molecule has 0 unspecified atom stereocenters. The Hall–Kier alpha value is -2.57. The molecule has 1 aliphatic heterocycles. The summed E-state index contributed by atoms with van der Waals surface area (Å²) in [5, 5.41) is 22.0. The number of nitrogens with one attached hydrogen (secondary N) is 1. The lowest BCUT2D eigenvalue weighted by atomic mass is 9.97. The average Bonchev–Trinajstić information content (AvgIpc) is 3.06. The molecule has 1 heterocycles. The Labute approximate surface area is 139 Å². The maximum absolute atomic E-state index is 12.8. The van der Waals surface area contributed by atoms with Crippen LogP contribution in [0.4, 0.5) is 5.69 Å². The number of carboxylic acid groups (broad SMARTS) is 2. The lowest BCUT2D eigenvalue weighted by Gasteiger charge is -2.32. The van der Waals surface area contributed by atoms with E-state index in [0.29, 0.717) is 0 Å². The molecule has 1 aromatic rings. The highest BCUT2D eigenvalue weighted by Crippen LogP contribution is 2.68. The normalized spacial score (nSPS) is 28.2. The Morgan fingerprint density at radius 3 is 2.00 bits per heavy atom. The van der Waals surface area contributed by atoms with Gasteiger partial charge in [0.05, 0.1) is 0 Å². The molecule has 2 fully saturated rings. The molecule has 1 aromatic carbocycles. The Bertz CT molecular complexity index is 689. The SMILES string of the molecule is CC(C)(Nc1ccccc1)C(=O)N1C[C@@]2(C(=O)O)C[C@@]2(C(=O)O)C1. The molecule has 3 N–H and O–H groups in total. The number of rotatable bonds is 5. The van der Waals surface area contributed by atoms with Gasteiger partial charge in [0, 0.05) is 18.8 Å². The van der Waals surface area contributed by atoms with Gasteiger partial charge in [0.1, 0.15) is 16.4 Å². The number of fused-ring (bicyclic) bond motifs is 1. The van der Waals surface area contributed by atoms with Gasteiger partial charge >= 0.3 is 11.9 Å². The maximum atomic E-state index is 12.8. The molecule has 0 spiro atoms. The summed E-state index contributed by atoms with van der Waals surface area (Å²) >= 11 is 0. The van der Waals surface area contributed by atoms with E-state index in [1.165, 1.54) is 4.90 Å². The lowest BCUT2D eigenvalue weighted by molar-refractivity contribution is -0.151. The fraction of sp³-hybridized carbons (Fsp3) is 0.471.